The molecule has 2 rings (SSSR count). The van der Waals surface area contributed by atoms with Crippen LogP contribution in [0.15, 0.2) is 12.3 Å². The van der Waals surface area contributed by atoms with Crippen molar-refractivity contribution in [2.75, 3.05) is 13.1 Å². The first-order valence-corrected chi connectivity index (χ1v) is 5.65. The Balaban J connectivity index is 2.06. The normalized spacial score (nSPS) is 19.9. The second kappa shape index (κ2) is 5.09. The number of nitro groups is 1. The van der Waals surface area contributed by atoms with Gasteiger partial charge in [0.25, 0.3) is 5.69 Å². The standard InChI is InChI=1S/C11H15N3O3/c1-8-5-11(13-7-10(8)14(15)16)17-9-3-2-4-12-6-9/h5,7,9,12H,2-4,6H2,1H3. The van der Waals surface area contributed by atoms with E-state index in [0.29, 0.717) is 11.4 Å². The zero-order valence-electron chi connectivity index (χ0n) is 9.68. The number of nitrogens with one attached hydrogen (secondary N) is 1. The van der Waals surface area contributed by atoms with Crippen molar-refractivity contribution in [3.05, 3.63) is 27.9 Å². The molecule has 1 aliphatic rings. The summed E-state index contributed by atoms with van der Waals surface area (Å²) in [5.74, 6) is 0.460. The number of nitrogens with zero attached hydrogens (tertiary/aromatic N) is 2. The fourth-order valence-electron chi connectivity index (χ4n) is 1.87. The smallest absolute Gasteiger partial charge is 0.290 e. The first-order valence-electron chi connectivity index (χ1n) is 5.65. The minimum absolute atomic E-state index is 0.0270. The molecule has 0 radical (unpaired) electrons. The molecule has 0 bridgehead atoms. The number of pyridine rings is 1. The summed E-state index contributed by atoms with van der Waals surface area (Å²) >= 11 is 0. The van der Waals surface area contributed by atoms with E-state index in [2.05, 4.69) is 10.3 Å². The summed E-state index contributed by atoms with van der Waals surface area (Å²) in [4.78, 5) is 14.2. The van der Waals surface area contributed by atoms with Gasteiger partial charge in [-0.25, -0.2) is 4.98 Å². The van der Waals surface area contributed by atoms with Crippen molar-refractivity contribution in [3.8, 4) is 5.88 Å². The number of hydrogen-bond acceptors (Lipinski definition) is 5. The fourth-order valence-corrected chi connectivity index (χ4v) is 1.87. The topological polar surface area (TPSA) is 77.3 Å². The molecule has 92 valence electrons. The molecule has 6 nitrogen and oxygen atoms in total. The van der Waals surface area contributed by atoms with Gasteiger partial charge in [-0.15, -0.1) is 0 Å². The minimum Gasteiger partial charge on any atom is -0.473 e. The van der Waals surface area contributed by atoms with E-state index in [1.165, 1.54) is 6.20 Å². The second-order valence-corrected chi connectivity index (χ2v) is 4.15. The molecule has 0 aliphatic carbocycles. The van der Waals surface area contributed by atoms with Crippen molar-refractivity contribution in [2.45, 2.75) is 25.9 Å². The molecule has 0 aromatic carbocycles. The van der Waals surface area contributed by atoms with Crippen molar-refractivity contribution < 1.29 is 9.66 Å². The molecular weight excluding hydrogens is 222 g/mol. The van der Waals surface area contributed by atoms with Gasteiger partial charge in [-0.3, -0.25) is 10.1 Å². The van der Waals surface area contributed by atoms with Gasteiger partial charge in [-0.1, -0.05) is 0 Å². The molecule has 1 aromatic rings. The summed E-state index contributed by atoms with van der Waals surface area (Å²) in [5, 5.41) is 13.9. The maximum absolute atomic E-state index is 10.6. The van der Waals surface area contributed by atoms with Crippen molar-refractivity contribution in [1.82, 2.24) is 10.3 Å². The number of hydrogen-bond donors (Lipinski definition) is 1. The zero-order valence-corrected chi connectivity index (χ0v) is 9.68. The SMILES string of the molecule is Cc1cc(OC2CCCNC2)ncc1[N+](=O)[O-]. The number of aryl methyl sites for hydroxylation is 1. The molecule has 0 spiro atoms. The molecule has 2 heterocycles. The molecule has 1 aliphatic heterocycles. The van der Waals surface area contributed by atoms with Crippen LogP contribution in [0.4, 0.5) is 5.69 Å². The van der Waals surface area contributed by atoms with Gasteiger partial charge in [0.1, 0.15) is 12.3 Å². The van der Waals surface area contributed by atoms with Crippen LogP contribution in [0.2, 0.25) is 0 Å². The highest BCUT2D eigenvalue weighted by Gasteiger charge is 2.17. The van der Waals surface area contributed by atoms with Crippen LogP contribution in [0.25, 0.3) is 0 Å². The van der Waals surface area contributed by atoms with E-state index in [0.717, 1.165) is 25.9 Å². The fraction of sp³-hybridized carbons (Fsp3) is 0.545. The summed E-state index contributed by atoms with van der Waals surface area (Å²) in [5.41, 5.74) is 0.600. The Morgan fingerprint density at radius 3 is 3.06 bits per heavy atom. The Morgan fingerprint density at radius 1 is 1.65 bits per heavy atom. The Kier molecular flexibility index (Phi) is 3.53. The Morgan fingerprint density at radius 2 is 2.47 bits per heavy atom. The number of aromatic nitrogens is 1. The maximum Gasteiger partial charge on any atom is 0.290 e. The molecule has 17 heavy (non-hydrogen) atoms. The number of ether oxygens (including phenoxy) is 1. The largest absolute Gasteiger partial charge is 0.473 e. The zero-order chi connectivity index (χ0) is 12.3. The van der Waals surface area contributed by atoms with Crippen LogP contribution in [0, 0.1) is 17.0 Å². The van der Waals surface area contributed by atoms with E-state index < -0.39 is 4.92 Å². The van der Waals surface area contributed by atoms with Crippen molar-refractivity contribution >= 4 is 5.69 Å². The first-order chi connectivity index (χ1) is 8.16. The molecular formula is C11H15N3O3. The van der Waals surface area contributed by atoms with Crippen LogP contribution in [0.3, 0.4) is 0 Å². The third kappa shape index (κ3) is 2.91. The molecule has 1 N–H and O–H groups in total. The van der Waals surface area contributed by atoms with Gasteiger partial charge in [-0.2, -0.15) is 0 Å². The van der Waals surface area contributed by atoms with Gasteiger partial charge in [0.15, 0.2) is 0 Å². The Hall–Kier alpha value is -1.69. The van der Waals surface area contributed by atoms with E-state index >= 15 is 0 Å². The lowest BCUT2D eigenvalue weighted by Crippen LogP contribution is -2.37. The highest BCUT2D eigenvalue weighted by Crippen LogP contribution is 2.21. The summed E-state index contributed by atoms with van der Waals surface area (Å²) in [7, 11) is 0. The molecule has 1 aromatic heterocycles. The predicted octanol–water partition coefficient (Wildman–Crippen LogP) is 1.43. The lowest BCUT2D eigenvalue weighted by molar-refractivity contribution is -0.385. The molecule has 1 atom stereocenters. The minimum atomic E-state index is -0.436. The maximum atomic E-state index is 10.6. The quantitative estimate of drug-likeness (QED) is 0.635. The summed E-state index contributed by atoms with van der Waals surface area (Å²) in [6.07, 6.45) is 3.43. The third-order valence-corrected chi connectivity index (χ3v) is 2.79. The van der Waals surface area contributed by atoms with Crippen LogP contribution in [-0.2, 0) is 0 Å². The van der Waals surface area contributed by atoms with Crippen molar-refractivity contribution in [3.63, 3.8) is 0 Å². The molecule has 6 heteroatoms. The van der Waals surface area contributed by atoms with Crippen molar-refractivity contribution in [2.24, 2.45) is 0 Å². The second-order valence-electron chi connectivity index (χ2n) is 4.15. The van der Waals surface area contributed by atoms with Gasteiger partial charge >= 0.3 is 0 Å². The van der Waals surface area contributed by atoms with E-state index in [1.807, 2.05) is 0 Å². The summed E-state index contributed by atoms with van der Waals surface area (Å²) < 4.78 is 5.67. The predicted molar refractivity (Wildman–Crippen MR) is 62.1 cm³/mol. The van der Waals surface area contributed by atoms with Crippen LogP contribution in [0.1, 0.15) is 18.4 Å². The van der Waals surface area contributed by atoms with Gasteiger partial charge in [-0.05, 0) is 26.3 Å². The molecule has 0 amide bonds. The molecule has 1 fully saturated rings. The number of piperidine rings is 1. The molecule has 0 saturated carbocycles. The van der Waals surface area contributed by atoms with Gasteiger partial charge < -0.3 is 10.1 Å². The average molecular weight is 237 g/mol. The first kappa shape index (κ1) is 11.8. The van der Waals surface area contributed by atoms with Crippen LogP contribution < -0.4 is 10.1 Å². The summed E-state index contributed by atoms with van der Waals surface area (Å²) in [6, 6.07) is 1.62. The lowest BCUT2D eigenvalue weighted by Gasteiger charge is -2.23. The van der Waals surface area contributed by atoms with Gasteiger partial charge in [0, 0.05) is 18.2 Å². The van der Waals surface area contributed by atoms with Crippen LogP contribution in [-0.4, -0.2) is 29.1 Å². The van der Waals surface area contributed by atoms with E-state index in [9.17, 15) is 10.1 Å². The van der Waals surface area contributed by atoms with Crippen molar-refractivity contribution in [1.29, 1.82) is 0 Å². The van der Waals surface area contributed by atoms with E-state index in [1.54, 1.807) is 13.0 Å². The Labute approximate surface area is 99.2 Å². The van der Waals surface area contributed by atoms with Gasteiger partial charge in [0.05, 0.1) is 4.92 Å². The Bertz CT molecular complexity index is 416. The van der Waals surface area contributed by atoms with Crippen LogP contribution in [0.5, 0.6) is 5.88 Å². The van der Waals surface area contributed by atoms with Gasteiger partial charge in [0.2, 0.25) is 5.88 Å². The highest BCUT2D eigenvalue weighted by molar-refractivity contribution is 5.39. The summed E-state index contributed by atoms with van der Waals surface area (Å²) in [6.45, 7) is 3.51. The average Bonchev–Trinajstić information content (AvgIpc) is 2.30. The van der Waals surface area contributed by atoms with E-state index in [4.69, 9.17) is 4.74 Å². The molecule has 1 saturated heterocycles. The van der Waals surface area contributed by atoms with E-state index in [-0.39, 0.29) is 11.8 Å². The molecule has 1 unspecified atom stereocenters. The number of rotatable bonds is 3. The van der Waals surface area contributed by atoms with Crippen LogP contribution >= 0.6 is 0 Å². The highest BCUT2D eigenvalue weighted by atomic mass is 16.6. The lowest BCUT2D eigenvalue weighted by atomic mass is 10.1. The third-order valence-electron chi connectivity index (χ3n) is 2.79. The monoisotopic (exact) mass is 237 g/mol.